The van der Waals surface area contributed by atoms with E-state index >= 15 is 0 Å². The third-order valence-electron chi connectivity index (χ3n) is 3.53. The Bertz CT molecular complexity index is 554. The fourth-order valence-electron chi connectivity index (χ4n) is 2.39. The standard InChI is InChI=1S/C18H23BrN2/c1-15-8-9-17(18(19)12-15)14-21(11-5-10-20)13-16-6-3-2-4-7-16/h2-4,6-9,12H,5,10-11,13-14,20H2,1H3. The molecular weight excluding hydrogens is 324 g/mol. The van der Waals surface area contributed by atoms with Crippen LogP contribution in [0.5, 0.6) is 0 Å². The van der Waals surface area contributed by atoms with E-state index in [1.165, 1.54) is 21.2 Å². The lowest BCUT2D eigenvalue weighted by molar-refractivity contribution is 0.254. The molecule has 0 aliphatic heterocycles. The van der Waals surface area contributed by atoms with Gasteiger partial charge in [0.2, 0.25) is 0 Å². The van der Waals surface area contributed by atoms with Crippen LogP contribution >= 0.6 is 15.9 Å². The lowest BCUT2D eigenvalue weighted by Gasteiger charge is -2.23. The van der Waals surface area contributed by atoms with E-state index in [9.17, 15) is 0 Å². The Morgan fingerprint density at radius 3 is 2.48 bits per heavy atom. The largest absolute Gasteiger partial charge is 0.330 e. The van der Waals surface area contributed by atoms with Gasteiger partial charge in [0.15, 0.2) is 0 Å². The number of halogens is 1. The van der Waals surface area contributed by atoms with E-state index in [1.807, 2.05) is 0 Å². The first-order chi connectivity index (χ1) is 10.2. The zero-order chi connectivity index (χ0) is 15.1. The summed E-state index contributed by atoms with van der Waals surface area (Å²) >= 11 is 3.68. The Kier molecular flexibility index (Phi) is 6.43. The maximum Gasteiger partial charge on any atom is 0.0248 e. The minimum Gasteiger partial charge on any atom is -0.330 e. The van der Waals surface area contributed by atoms with Gasteiger partial charge in [-0.2, -0.15) is 0 Å². The summed E-state index contributed by atoms with van der Waals surface area (Å²) in [6, 6.07) is 17.2. The fraction of sp³-hybridized carbons (Fsp3) is 0.333. The van der Waals surface area contributed by atoms with Crippen LogP contribution in [0.15, 0.2) is 53.0 Å². The van der Waals surface area contributed by atoms with Crippen LogP contribution in [0, 0.1) is 6.92 Å². The summed E-state index contributed by atoms with van der Waals surface area (Å²) in [5, 5.41) is 0. The van der Waals surface area contributed by atoms with Gasteiger partial charge in [0.25, 0.3) is 0 Å². The molecule has 0 heterocycles. The Hall–Kier alpha value is -1.16. The van der Waals surface area contributed by atoms with Crippen LogP contribution in [0.2, 0.25) is 0 Å². The van der Waals surface area contributed by atoms with Crippen LogP contribution in [0.4, 0.5) is 0 Å². The van der Waals surface area contributed by atoms with Crippen LogP contribution in [-0.4, -0.2) is 18.0 Å². The topological polar surface area (TPSA) is 29.3 Å². The second-order valence-corrected chi connectivity index (χ2v) is 6.29. The smallest absolute Gasteiger partial charge is 0.0248 e. The molecular formula is C18H23BrN2. The van der Waals surface area contributed by atoms with Gasteiger partial charge < -0.3 is 5.73 Å². The molecule has 0 fully saturated rings. The van der Waals surface area contributed by atoms with Gasteiger partial charge in [-0.1, -0.05) is 58.4 Å². The normalized spacial score (nSPS) is 11.0. The number of nitrogens with zero attached hydrogens (tertiary/aromatic N) is 1. The minimum atomic E-state index is 0.736. The number of hydrogen-bond acceptors (Lipinski definition) is 2. The zero-order valence-electron chi connectivity index (χ0n) is 12.6. The van der Waals surface area contributed by atoms with E-state index in [0.29, 0.717) is 0 Å². The highest BCUT2D eigenvalue weighted by Crippen LogP contribution is 2.21. The average Bonchev–Trinajstić information content (AvgIpc) is 2.48. The highest BCUT2D eigenvalue weighted by molar-refractivity contribution is 9.10. The lowest BCUT2D eigenvalue weighted by Crippen LogP contribution is -2.25. The first-order valence-electron chi connectivity index (χ1n) is 7.40. The van der Waals surface area contributed by atoms with Gasteiger partial charge in [-0.25, -0.2) is 0 Å². The summed E-state index contributed by atoms with van der Waals surface area (Å²) < 4.78 is 1.19. The molecule has 0 spiro atoms. The van der Waals surface area contributed by atoms with Crippen LogP contribution in [0.3, 0.4) is 0 Å². The molecule has 0 aromatic heterocycles. The Morgan fingerprint density at radius 2 is 1.81 bits per heavy atom. The van der Waals surface area contributed by atoms with E-state index in [1.54, 1.807) is 0 Å². The number of hydrogen-bond donors (Lipinski definition) is 1. The van der Waals surface area contributed by atoms with Crippen LogP contribution in [0.25, 0.3) is 0 Å². The maximum atomic E-state index is 5.68. The summed E-state index contributed by atoms with van der Waals surface area (Å²) in [6.45, 7) is 5.77. The molecule has 2 aromatic rings. The quantitative estimate of drug-likeness (QED) is 0.817. The van der Waals surface area contributed by atoms with Gasteiger partial charge in [0.1, 0.15) is 0 Å². The molecule has 2 nitrogen and oxygen atoms in total. The fourth-order valence-corrected chi connectivity index (χ4v) is 3.01. The third-order valence-corrected chi connectivity index (χ3v) is 4.27. The van der Waals surface area contributed by atoms with Crippen molar-refractivity contribution in [2.45, 2.75) is 26.4 Å². The SMILES string of the molecule is Cc1ccc(CN(CCCN)Cc2ccccc2)c(Br)c1. The molecule has 0 bridgehead atoms. The number of benzene rings is 2. The third kappa shape index (κ3) is 5.27. The molecule has 0 radical (unpaired) electrons. The minimum absolute atomic E-state index is 0.736. The molecule has 0 amide bonds. The molecule has 0 saturated carbocycles. The Balaban J connectivity index is 2.08. The molecule has 21 heavy (non-hydrogen) atoms. The van der Waals surface area contributed by atoms with E-state index < -0.39 is 0 Å². The molecule has 0 unspecified atom stereocenters. The number of nitrogens with two attached hydrogens (primary N) is 1. The molecule has 2 N–H and O–H groups in total. The van der Waals surface area contributed by atoms with Crippen molar-refractivity contribution in [1.29, 1.82) is 0 Å². The molecule has 0 aliphatic rings. The highest BCUT2D eigenvalue weighted by atomic mass is 79.9. The Morgan fingerprint density at radius 1 is 1.05 bits per heavy atom. The van der Waals surface area contributed by atoms with Gasteiger partial charge >= 0.3 is 0 Å². The van der Waals surface area contributed by atoms with E-state index in [0.717, 1.165) is 32.6 Å². The zero-order valence-corrected chi connectivity index (χ0v) is 14.1. The summed E-state index contributed by atoms with van der Waals surface area (Å²) in [7, 11) is 0. The van der Waals surface area contributed by atoms with Crippen molar-refractivity contribution >= 4 is 15.9 Å². The lowest BCUT2D eigenvalue weighted by atomic mass is 10.1. The monoisotopic (exact) mass is 346 g/mol. The molecule has 0 saturated heterocycles. The first kappa shape index (κ1) is 16.2. The second-order valence-electron chi connectivity index (χ2n) is 5.43. The van der Waals surface area contributed by atoms with Gasteiger partial charge in [-0.05, 0) is 42.6 Å². The maximum absolute atomic E-state index is 5.68. The highest BCUT2D eigenvalue weighted by Gasteiger charge is 2.09. The summed E-state index contributed by atoms with van der Waals surface area (Å²) in [6.07, 6.45) is 1.02. The first-order valence-corrected chi connectivity index (χ1v) is 8.19. The summed E-state index contributed by atoms with van der Waals surface area (Å²) in [5.41, 5.74) is 9.63. The van der Waals surface area contributed by atoms with Gasteiger partial charge in [0, 0.05) is 24.1 Å². The second kappa shape index (κ2) is 8.32. The van der Waals surface area contributed by atoms with E-state index in [-0.39, 0.29) is 0 Å². The van der Waals surface area contributed by atoms with Gasteiger partial charge in [-0.3, -0.25) is 4.90 Å². The molecule has 2 aromatic carbocycles. The van der Waals surface area contributed by atoms with Crippen molar-refractivity contribution in [3.63, 3.8) is 0 Å². The predicted octanol–water partition coefficient (Wildman–Crippen LogP) is 4.11. The summed E-state index contributed by atoms with van der Waals surface area (Å²) in [5.74, 6) is 0. The van der Waals surface area contributed by atoms with Crippen molar-refractivity contribution in [2.75, 3.05) is 13.1 Å². The van der Waals surface area contributed by atoms with Crippen molar-refractivity contribution in [1.82, 2.24) is 4.90 Å². The molecule has 0 aliphatic carbocycles. The van der Waals surface area contributed by atoms with Crippen LogP contribution in [0.1, 0.15) is 23.1 Å². The van der Waals surface area contributed by atoms with Gasteiger partial charge in [-0.15, -0.1) is 0 Å². The van der Waals surface area contributed by atoms with Crippen molar-refractivity contribution in [2.24, 2.45) is 5.73 Å². The van der Waals surface area contributed by atoms with Crippen molar-refractivity contribution < 1.29 is 0 Å². The molecule has 0 atom stereocenters. The Labute approximate surface area is 136 Å². The van der Waals surface area contributed by atoms with Crippen molar-refractivity contribution in [3.8, 4) is 0 Å². The molecule has 112 valence electrons. The van der Waals surface area contributed by atoms with E-state index in [2.05, 4.69) is 76.3 Å². The van der Waals surface area contributed by atoms with Crippen LogP contribution in [-0.2, 0) is 13.1 Å². The summed E-state index contributed by atoms with van der Waals surface area (Å²) in [4.78, 5) is 2.46. The van der Waals surface area contributed by atoms with Crippen LogP contribution < -0.4 is 5.73 Å². The average molecular weight is 347 g/mol. The molecule has 3 heteroatoms. The number of aryl methyl sites for hydroxylation is 1. The number of rotatable bonds is 7. The van der Waals surface area contributed by atoms with Crippen molar-refractivity contribution in [3.05, 3.63) is 69.7 Å². The predicted molar refractivity (Wildman–Crippen MR) is 93.1 cm³/mol. The van der Waals surface area contributed by atoms with E-state index in [4.69, 9.17) is 5.73 Å². The van der Waals surface area contributed by atoms with Gasteiger partial charge in [0.05, 0.1) is 0 Å². The molecule has 2 rings (SSSR count).